The number of nitrogens with one attached hydrogen (secondary N) is 2. The van der Waals surface area contributed by atoms with Crippen LogP contribution in [0.25, 0.3) is 5.69 Å². The van der Waals surface area contributed by atoms with E-state index in [0.29, 0.717) is 17.9 Å². The van der Waals surface area contributed by atoms with Gasteiger partial charge in [0, 0.05) is 18.5 Å². The Bertz CT molecular complexity index is 689. The fraction of sp³-hybridized carbons (Fsp3) is 0.312. The van der Waals surface area contributed by atoms with E-state index in [1.165, 1.54) is 0 Å². The molecule has 2 N–H and O–H groups in total. The molecule has 0 spiro atoms. The van der Waals surface area contributed by atoms with Crippen molar-refractivity contribution in [3.05, 3.63) is 42.1 Å². The van der Waals surface area contributed by atoms with Crippen molar-refractivity contribution in [3.8, 4) is 5.69 Å². The van der Waals surface area contributed by atoms with Crippen molar-refractivity contribution in [1.29, 1.82) is 0 Å². The summed E-state index contributed by atoms with van der Waals surface area (Å²) in [6.45, 7) is 1.78. The number of hydrogen-bond acceptors (Lipinski definition) is 3. The molecule has 1 fully saturated rings. The number of benzene rings is 1. The van der Waals surface area contributed by atoms with Crippen molar-refractivity contribution in [2.45, 2.75) is 32.2 Å². The molecular formula is C16H18N4O2. The van der Waals surface area contributed by atoms with Gasteiger partial charge in [-0.05, 0) is 25.0 Å². The largest absolute Gasteiger partial charge is 0.348 e. The lowest BCUT2D eigenvalue weighted by Gasteiger charge is -2.07. The number of carbonyl (C=O) groups excluding carboxylic acids is 2. The Morgan fingerprint density at radius 2 is 2.00 bits per heavy atom. The average Bonchev–Trinajstić information content (AvgIpc) is 3.25. The molecule has 1 aliphatic rings. The Morgan fingerprint density at radius 1 is 1.27 bits per heavy atom. The van der Waals surface area contributed by atoms with Crippen LogP contribution in [-0.2, 0) is 4.79 Å². The SMILES string of the molecule is CCC(=O)Nc1cc(C(=O)NC2CC2)nn1-c1ccccc1. The van der Waals surface area contributed by atoms with Gasteiger partial charge in [0.05, 0.1) is 5.69 Å². The predicted octanol–water partition coefficient (Wildman–Crippen LogP) is 2.11. The Balaban J connectivity index is 1.92. The second kappa shape index (κ2) is 6.01. The van der Waals surface area contributed by atoms with Crippen LogP contribution in [0, 0.1) is 0 Å². The summed E-state index contributed by atoms with van der Waals surface area (Å²) in [6.07, 6.45) is 2.40. The Morgan fingerprint density at radius 3 is 2.64 bits per heavy atom. The zero-order valence-corrected chi connectivity index (χ0v) is 12.4. The summed E-state index contributed by atoms with van der Waals surface area (Å²) in [5, 5.41) is 10.0. The highest BCUT2D eigenvalue weighted by molar-refractivity contribution is 5.96. The molecule has 0 radical (unpaired) electrons. The van der Waals surface area contributed by atoms with Crippen molar-refractivity contribution in [2.24, 2.45) is 0 Å². The Labute approximate surface area is 128 Å². The first-order chi connectivity index (χ1) is 10.7. The van der Waals surface area contributed by atoms with Crippen LogP contribution in [0.3, 0.4) is 0 Å². The van der Waals surface area contributed by atoms with Gasteiger partial charge < -0.3 is 10.6 Å². The van der Waals surface area contributed by atoms with Crippen LogP contribution in [0.2, 0.25) is 0 Å². The summed E-state index contributed by atoms with van der Waals surface area (Å²) in [4.78, 5) is 23.8. The van der Waals surface area contributed by atoms with Gasteiger partial charge in [0.25, 0.3) is 5.91 Å². The summed E-state index contributed by atoms with van der Waals surface area (Å²) in [6, 6.07) is 11.3. The molecule has 0 saturated heterocycles. The average molecular weight is 298 g/mol. The minimum absolute atomic E-state index is 0.119. The molecule has 1 heterocycles. The van der Waals surface area contributed by atoms with Gasteiger partial charge in [0.2, 0.25) is 5.91 Å². The van der Waals surface area contributed by atoms with Crippen LogP contribution in [-0.4, -0.2) is 27.6 Å². The van der Waals surface area contributed by atoms with Crippen LogP contribution >= 0.6 is 0 Å². The molecule has 1 aromatic carbocycles. The first kappa shape index (κ1) is 14.3. The van der Waals surface area contributed by atoms with Crippen molar-refractivity contribution < 1.29 is 9.59 Å². The molecule has 2 amide bonds. The van der Waals surface area contributed by atoms with E-state index < -0.39 is 0 Å². The van der Waals surface area contributed by atoms with E-state index >= 15 is 0 Å². The molecule has 22 heavy (non-hydrogen) atoms. The number of nitrogens with zero attached hydrogens (tertiary/aromatic N) is 2. The van der Waals surface area contributed by atoms with Gasteiger partial charge in [-0.1, -0.05) is 25.1 Å². The molecule has 6 heteroatoms. The molecule has 1 saturated carbocycles. The van der Waals surface area contributed by atoms with Crippen molar-refractivity contribution in [2.75, 3.05) is 5.32 Å². The fourth-order valence-corrected chi connectivity index (χ4v) is 2.07. The molecule has 0 atom stereocenters. The van der Waals surface area contributed by atoms with E-state index in [1.54, 1.807) is 17.7 Å². The molecular weight excluding hydrogens is 280 g/mol. The zero-order chi connectivity index (χ0) is 15.5. The molecule has 0 aliphatic heterocycles. The first-order valence-electron chi connectivity index (χ1n) is 7.43. The molecule has 0 unspecified atom stereocenters. The third kappa shape index (κ3) is 3.16. The summed E-state index contributed by atoms with van der Waals surface area (Å²) in [5.41, 5.74) is 1.10. The van der Waals surface area contributed by atoms with Gasteiger partial charge in [-0.3, -0.25) is 9.59 Å². The minimum Gasteiger partial charge on any atom is -0.348 e. The molecule has 0 bridgehead atoms. The number of carbonyl (C=O) groups is 2. The maximum absolute atomic E-state index is 12.1. The van der Waals surface area contributed by atoms with Gasteiger partial charge in [-0.25, -0.2) is 4.68 Å². The van der Waals surface area contributed by atoms with Crippen LogP contribution in [0.15, 0.2) is 36.4 Å². The van der Waals surface area contributed by atoms with Crippen molar-refractivity contribution >= 4 is 17.6 Å². The maximum Gasteiger partial charge on any atom is 0.272 e. The van der Waals surface area contributed by atoms with E-state index in [0.717, 1.165) is 18.5 Å². The maximum atomic E-state index is 12.1. The number of rotatable bonds is 5. The number of anilines is 1. The Kier molecular flexibility index (Phi) is 3.91. The van der Waals surface area contributed by atoms with Gasteiger partial charge in [-0.15, -0.1) is 0 Å². The fourth-order valence-electron chi connectivity index (χ4n) is 2.07. The van der Waals surface area contributed by atoms with E-state index in [4.69, 9.17) is 0 Å². The highest BCUT2D eigenvalue weighted by Crippen LogP contribution is 2.21. The summed E-state index contributed by atoms with van der Waals surface area (Å²) < 4.78 is 1.58. The third-order valence-electron chi connectivity index (χ3n) is 3.44. The molecule has 2 aromatic rings. The van der Waals surface area contributed by atoms with Crippen LogP contribution in [0.1, 0.15) is 36.7 Å². The van der Waals surface area contributed by atoms with E-state index in [-0.39, 0.29) is 17.9 Å². The minimum atomic E-state index is -0.204. The normalized spacial score (nSPS) is 13.7. The summed E-state index contributed by atoms with van der Waals surface area (Å²) in [7, 11) is 0. The summed E-state index contributed by atoms with van der Waals surface area (Å²) in [5.74, 6) is 0.175. The topological polar surface area (TPSA) is 76.0 Å². The number of amides is 2. The monoisotopic (exact) mass is 298 g/mol. The molecule has 6 nitrogen and oxygen atoms in total. The van der Waals surface area contributed by atoms with Crippen LogP contribution < -0.4 is 10.6 Å². The lowest BCUT2D eigenvalue weighted by atomic mass is 10.3. The number of para-hydroxylation sites is 1. The molecule has 114 valence electrons. The third-order valence-corrected chi connectivity index (χ3v) is 3.44. The van der Waals surface area contributed by atoms with Gasteiger partial charge in [-0.2, -0.15) is 5.10 Å². The zero-order valence-electron chi connectivity index (χ0n) is 12.4. The van der Waals surface area contributed by atoms with Crippen molar-refractivity contribution in [3.63, 3.8) is 0 Å². The van der Waals surface area contributed by atoms with E-state index in [1.807, 2.05) is 30.3 Å². The lowest BCUT2D eigenvalue weighted by Crippen LogP contribution is -2.25. The first-order valence-corrected chi connectivity index (χ1v) is 7.43. The van der Waals surface area contributed by atoms with E-state index in [9.17, 15) is 9.59 Å². The van der Waals surface area contributed by atoms with Gasteiger partial charge in [0.1, 0.15) is 5.82 Å². The van der Waals surface area contributed by atoms with Crippen LogP contribution in [0.4, 0.5) is 5.82 Å². The van der Waals surface area contributed by atoms with Gasteiger partial charge in [0.15, 0.2) is 5.69 Å². The Hall–Kier alpha value is -2.63. The lowest BCUT2D eigenvalue weighted by molar-refractivity contribution is -0.115. The van der Waals surface area contributed by atoms with Crippen molar-refractivity contribution in [1.82, 2.24) is 15.1 Å². The highest BCUT2D eigenvalue weighted by Gasteiger charge is 2.25. The smallest absolute Gasteiger partial charge is 0.272 e. The predicted molar refractivity (Wildman–Crippen MR) is 83.0 cm³/mol. The number of hydrogen-bond donors (Lipinski definition) is 2. The quantitative estimate of drug-likeness (QED) is 0.887. The standard InChI is InChI=1S/C16H18N4O2/c1-2-15(21)18-14-10-13(16(22)17-11-8-9-11)19-20(14)12-6-4-3-5-7-12/h3-7,10-11H,2,8-9H2,1H3,(H,17,22)(H,18,21). The van der Waals surface area contributed by atoms with Gasteiger partial charge >= 0.3 is 0 Å². The molecule has 1 aromatic heterocycles. The number of aromatic nitrogens is 2. The van der Waals surface area contributed by atoms with Crippen LogP contribution in [0.5, 0.6) is 0 Å². The summed E-state index contributed by atoms with van der Waals surface area (Å²) >= 11 is 0. The second-order valence-electron chi connectivity index (χ2n) is 5.31. The van der Waals surface area contributed by atoms with E-state index in [2.05, 4.69) is 15.7 Å². The molecule has 3 rings (SSSR count). The molecule has 1 aliphatic carbocycles. The highest BCUT2D eigenvalue weighted by atomic mass is 16.2. The second-order valence-corrected chi connectivity index (χ2v) is 5.31.